The molecule has 1 amide bonds. The maximum Gasteiger partial charge on any atom is 0.317 e. The molecule has 126 valence electrons. The zero-order valence-corrected chi connectivity index (χ0v) is 14.0. The Morgan fingerprint density at radius 2 is 1.92 bits per heavy atom. The number of carbonyl (C=O) groups excluding carboxylic acids is 2. The maximum absolute atomic E-state index is 11.8. The molecule has 0 aliphatic rings. The highest BCUT2D eigenvalue weighted by molar-refractivity contribution is 7.99. The SMILES string of the molecule is CC(NC(=O)COC(=O)CSc1cccc[n+]1[O-])c1ccccc1. The van der Waals surface area contributed by atoms with E-state index in [1.54, 1.807) is 18.2 Å². The summed E-state index contributed by atoms with van der Waals surface area (Å²) in [5, 5.41) is 14.6. The third-order valence-electron chi connectivity index (χ3n) is 3.17. The van der Waals surface area contributed by atoms with Crippen molar-refractivity contribution in [1.82, 2.24) is 5.32 Å². The van der Waals surface area contributed by atoms with Gasteiger partial charge in [-0.05, 0) is 30.3 Å². The van der Waals surface area contributed by atoms with Crippen molar-refractivity contribution in [1.29, 1.82) is 0 Å². The van der Waals surface area contributed by atoms with Gasteiger partial charge in [0.1, 0.15) is 5.75 Å². The van der Waals surface area contributed by atoms with Gasteiger partial charge in [-0.2, -0.15) is 4.73 Å². The first-order valence-electron chi connectivity index (χ1n) is 7.37. The molecule has 1 atom stereocenters. The second kappa shape index (κ2) is 8.93. The fraction of sp³-hybridized carbons (Fsp3) is 0.235. The summed E-state index contributed by atoms with van der Waals surface area (Å²) in [5.41, 5.74) is 0.969. The number of nitrogens with zero attached hydrogens (tertiary/aromatic N) is 1. The molecule has 1 heterocycles. The normalized spacial score (nSPS) is 11.5. The molecule has 1 aromatic carbocycles. The zero-order valence-electron chi connectivity index (χ0n) is 13.2. The lowest BCUT2D eigenvalue weighted by Gasteiger charge is -2.14. The Bertz CT molecular complexity index is 694. The van der Waals surface area contributed by atoms with E-state index in [0.29, 0.717) is 9.76 Å². The molecule has 2 rings (SSSR count). The minimum absolute atomic E-state index is 0.0340. The molecule has 0 radical (unpaired) electrons. The molecule has 0 saturated heterocycles. The quantitative estimate of drug-likeness (QED) is 0.358. The van der Waals surface area contributed by atoms with Crippen LogP contribution in [-0.4, -0.2) is 24.2 Å². The lowest BCUT2D eigenvalue weighted by atomic mass is 10.1. The van der Waals surface area contributed by atoms with E-state index in [1.807, 2.05) is 37.3 Å². The van der Waals surface area contributed by atoms with Crippen molar-refractivity contribution in [3.8, 4) is 0 Å². The number of benzene rings is 1. The van der Waals surface area contributed by atoms with Crippen LogP contribution in [0.25, 0.3) is 0 Å². The van der Waals surface area contributed by atoms with E-state index in [-0.39, 0.29) is 24.3 Å². The summed E-state index contributed by atoms with van der Waals surface area (Å²) >= 11 is 1.06. The van der Waals surface area contributed by atoms with E-state index in [0.717, 1.165) is 17.3 Å². The van der Waals surface area contributed by atoms with Crippen LogP contribution in [0.4, 0.5) is 0 Å². The van der Waals surface area contributed by atoms with Gasteiger partial charge in [-0.25, -0.2) is 0 Å². The monoisotopic (exact) mass is 346 g/mol. The summed E-state index contributed by atoms with van der Waals surface area (Å²) in [5.74, 6) is -0.956. The van der Waals surface area contributed by atoms with Gasteiger partial charge in [0.15, 0.2) is 12.8 Å². The Morgan fingerprint density at radius 3 is 2.62 bits per heavy atom. The molecule has 7 heteroatoms. The van der Waals surface area contributed by atoms with Gasteiger partial charge < -0.3 is 15.3 Å². The van der Waals surface area contributed by atoms with Crippen LogP contribution >= 0.6 is 11.8 Å². The van der Waals surface area contributed by atoms with Gasteiger partial charge in [0.05, 0.1) is 6.04 Å². The minimum atomic E-state index is -0.550. The van der Waals surface area contributed by atoms with E-state index in [9.17, 15) is 14.8 Å². The standard InChI is InChI=1S/C17H18N2O4S/c1-13(14-7-3-2-4-8-14)18-15(20)11-23-17(21)12-24-16-9-5-6-10-19(16)22/h2-10,13H,11-12H2,1H3,(H,18,20). The van der Waals surface area contributed by atoms with Crippen molar-refractivity contribution in [3.05, 3.63) is 65.5 Å². The minimum Gasteiger partial charge on any atom is -0.618 e. The van der Waals surface area contributed by atoms with Crippen molar-refractivity contribution in [2.45, 2.75) is 18.0 Å². The summed E-state index contributed by atoms with van der Waals surface area (Å²) in [6.45, 7) is 1.51. The molecule has 0 fully saturated rings. The van der Waals surface area contributed by atoms with E-state index in [4.69, 9.17) is 4.74 Å². The van der Waals surface area contributed by atoms with Crippen LogP contribution in [-0.2, 0) is 14.3 Å². The average molecular weight is 346 g/mol. The number of thioether (sulfide) groups is 1. The number of ether oxygens (including phenoxy) is 1. The molecule has 0 saturated carbocycles. The Kier molecular flexibility index (Phi) is 6.62. The summed E-state index contributed by atoms with van der Waals surface area (Å²) in [6, 6.07) is 14.2. The van der Waals surface area contributed by atoms with E-state index in [2.05, 4.69) is 5.32 Å². The van der Waals surface area contributed by atoms with Crippen LogP contribution in [0.15, 0.2) is 59.8 Å². The highest BCUT2D eigenvalue weighted by Crippen LogP contribution is 2.13. The van der Waals surface area contributed by atoms with Gasteiger partial charge in [-0.15, -0.1) is 0 Å². The Balaban J connectivity index is 1.71. The van der Waals surface area contributed by atoms with Crippen LogP contribution in [0.3, 0.4) is 0 Å². The number of esters is 1. The first-order valence-corrected chi connectivity index (χ1v) is 8.35. The first-order chi connectivity index (χ1) is 11.6. The molecule has 1 aromatic heterocycles. The maximum atomic E-state index is 11.8. The number of nitrogens with one attached hydrogen (secondary N) is 1. The molecular formula is C17H18N2O4S. The molecule has 24 heavy (non-hydrogen) atoms. The third kappa shape index (κ3) is 5.58. The predicted octanol–water partition coefficient (Wildman–Crippen LogP) is 1.83. The second-order valence-electron chi connectivity index (χ2n) is 5.01. The van der Waals surface area contributed by atoms with Crippen LogP contribution < -0.4 is 10.0 Å². The Hall–Kier alpha value is -2.54. The van der Waals surface area contributed by atoms with Crippen molar-refractivity contribution in [2.75, 3.05) is 12.4 Å². The fourth-order valence-corrected chi connectivity index (χ4v) is 2.67. The van der Waals surface area contributed by atoms with Gasteiger partial charge >= 0.3 is 5.97 Å². The molecule has 2 aromatic rings. The molecule has 6 nitrogen and oxygen atoms in total. The lowest BCUT2D eigenvalue weighted by molar-refractivity contribution is -0.645. The van der Waals surface area contributed by atoms with Crippen molar-refractivity contribution < 1.29 is 19.1 Å². The molecular weight excluding hydrogens is 328 g/mol. The van der Waals surface area contributed by atoms with E-state index >= 15 is 0 Å². The van der Waals surface area contributed by atoms with E-state index < -0.39 is 5.97 Å². The molecule has 0 aliphatic heterocycles. The van der Waals surface area contributed by atoms with E-state index in [1.165, 1.54) is 6.20 Å². The van der Waals surface area contributed by atoms with Crippen molar-refractivity contribution >= 4 is 23.6 Å². The number of hydrogen-bond donors (Lipinski definition) is 1. The van der Waals surface area contributed by atoms with Gasteiger partial charge in [0, 0.05) is 12.1 Å². The largest absolute Gasteiger partial charge is 0.618 e. The zero-order chi connectivity index (χ0) is 17.4. The smallest absolute Gasteiger partial charge is 0.317 e. The van der Waals surface area contributed by atoms with Gasteiger partial charge in [0.25, 0.3) is 10.9 Å². The summed E-state index contributed by atoms with van der Waals surface area (Å²) in [7, 11) is 0. The third-order valence-corrected chi connectivity index (χ3v) is 4.16. The van der Waals surface area contributed by atoms with Crippen LogP contribution in [0.5, 0.6) is 0 Å². The number of rotatable bonds is 7. The number of hydrogen-bond acceptors (Lipinski definition) is 5. The number of aromatic nitrogens is 1. The molecule has 0 aliphatic carbocycles. The van der Waals surface area contributed by atoms with Gasteiger partial charge in [-0.1, -0.05) is 30.3 Å². The van der Waals surface area contributed by atoms with Gasteiger partial charge in [0.2, 0.25) is 0 Å². The summed E-state index contributed by atoms with van der Waals surface area (Å²) in [6.07, 6.45) is 1.35. The highest BCUT2D eigenvalue weighted by Gasteiger charge is 2.13. The molecule has 1 unspecified atom stereocenters. The number of amides is 1. The van der Waals surface area contributed by atoms with Crippen molar-refractivity contribution in [3.63, 3.8) is 0 Å². The number of carbonyl (C=O) groups is 2. The first kappa shape index (κ1) is 17.8. The highest BCUT2D eigenvalue weighted by atomic mass is 32.2. The molecule has 1 N–H and O–H groups in total. The lowest BCUT2D eigenvalue weighted by Crippen LogP contribution is -2.31. The van der Waals surface area contributed by atoms with Crippen LogP contribution in [0.1, 0.15) is 18.5 Å². The van der Waals surface area contributed by atoms with Crippen LogP contribution in [0.2, 0.25) is 0 Å². The predicted molar refractivity (Wildman–Crippen MR) is 90.1 cm³/mol. The molecule has 0 spiro atoms. The fourth-order valence-electron chi connectivity index (χ4n) is 1.95. The second-order valence-corrected chi connectivity index (χ2v) is 6.01. The number of pyridine rings is 1. The molecule has 0 bridgehead atoms. The van der Waals surface area contributed by atoms with Crippen molar-refractivity contribution in [2.24, 2.45) is 0 Å². The Labute approximate surface area is 144 Å². The Morgan fingerprint density at radius 1 is 1.21 bits per heavy atom. The van der Waals surface area contributed by atoms with Gasteiger partial charge in [-0.3, -0.25) is 9.59 Å². The average Bonchev–Trinajstić information content (AvgIpc) is 2.60. The summed E-state index contributed by atoms with van der Waals surface area (Å²) < 4.78 is 5.59. The summed E-state index contributed by atoms with van der Waals surface area (Å²) in [4.78, 5) is 23.5. The van der Waals surface area contributed by atoms with Crippen LogP contribution in [0, 0.1) is 5.21 Å². The topological polar surface area (TPSA) is 82.3 Å².